The van der Waals surface area contributed by atoms with E-state index in [2.05, 4.69) is 16.7 Å². The second-order valence-electron chi connectivity index (χ2n) is 10.8. The number of anilines is 3. The number of halogens is 3. The van der Waals surface area contributed by atoms with Crippen LogP contribution in [0.1, 0.15) is 11.1 Å². The number of nitrogens with zero attached hydrogens (tertiary/aromatic N) is 2. The summed E-state index contributed by atoms with van der Waals surface area (Å²) in [4.78, 5) is 2.08. The molecule has 1 aromatic heterocycles. The number of hydrogen-bond donors (Lipinski definition) is 0. The molecule has 0 aliphatic rings. The average Bonchev–Trinajstić information content (AvgIpc) is 3.41. The third-order valence-electron chi connectivity index (χ3n) is 7.77. The number of hydrogen-bond acceptors (Lipinski definition) is 4. The average molecular weight is 659 g/mol. The Bertz CT molecular complexity index is 2380. The van der Waals surface area contributed by atoms with E-state index < -0.39 is 21.4 Å². The first-order valence-electron chi connectivity index (χ1n) is 14.9. The maximum absolute atomic E-state index is 13.5. The van der Waals surface area contributed by atoms with Gasteiger partial charge in [-0.1, -0.05) is 84.6 Å². The molecule has 0 fully saturated rings. The van der Waals surface area contributed by atoms with Crippen molar-refractivity contribution in [1.29, 1.82) is 0 Å². The Morgan fingerprint density at radius 3 is 1.73 bits per heavy atom. The molecule has 48 heavy (non-hydrogen) atoms. The van der Waals surface area contributed by atoms with Gasteiger partial charge in [-0.3, -0.25) is 0 Å². The van der Waals surface area contributed by atoms with Crippen LogP contribution < -0.4 is 9.08 Å². The van der Waals surface area contributed by atoms with Crippen molar-refractivity contribution >= 4 is 49.0 Å². The van der Waals surface area contributed by atoms with E-state index in [-0.39, 0.29) is 5.56 Å². The first-order chi connectivity index (χ1) is 23.2. The van der Waals surface area contributed by atoms with Crippen molar-refractivity contribution in [3.05, 3.63) is 163 Å². The number of rotatable bonds is 6. The van der Waals surface area contributed by atoms with Crippen molar-refractivity contribution < 1.29 is 25.8 Å². The van der Waals surface area contributed by atoms with Gasteiger partial charge in [0.25, 0.3) is 0 Å². The maximum atomic E-state index is 13.5. The Morgan fingerprint density at radius 2 is 1.12 bits per heavy atom. The van der Waals surface area contributed by atoms with Crippen molar-refractivity contribution in [3.8, 4) is 23.3 Å². The van der Waals surface area contributed by atoms with Gasteiger partial charge in [0, 0.05) is 45.2 Å². The molecule has 0 aliphatic carbocycles. The fraction of sp³-hybridized carbons (Fsp3) is 0.0256. The molecule has 236 valence electrons. The minimum atomic E-state index is -5.98. The van der Waals surface area contributed by atoms with E-state index in [1.54, 1.807) is 18.2 Å². The lowest BCUT2D eigenvalue weighted by Gasteiger charge is -2.25. The number of para-hydroxylation sites is 4. The van der Waals surface area contributed by atoms with Crippen molar-refractivity contribution in [3.63, 3.8) is 0 Å². The van der Waals surface area contributed by atoms with Gasteiger partial charge < -0.3 is 13.7 Å². The van der Waals surface area contributed by atoms with E-state index in [1.807, 2.05) is 132 Å². The number of alkyl halides is 3. The van der Waals surface area contributed by atoms with Crippen LogP contribution in [0.5, 0.6) is 5.75 Å². The predicted octanol–water partition coefficient (Wildman–Crippen LogP) is 9.88. The highest BCUT2D eigenvalue weighted by Gasteiger charge is 2.49. The first-order valence-corrected chi connectivity index (χ1v) is 16.3. The van der Waals surface area contributed by atoms with Crippen molar-refractivity contribution in [1.82, 2.24) is 4.57 Å². The molecule has 5 nitrogen and oxygen atoms in total. The molecule has 0 amide bonds. The summed E-state index contributed by atoms with van der Waals surface area (Å²) in [6.45, 7) is 0. The molecule has 0 saturated heterocycles. The summed E-state index contributed by atoms with van der Waals surface area (Å²) in [6.07, 6.45) is 0. The second kappa shape index (κ2) is 12.3. The molecule has 0 N–H and O–H groups in total. The largest absolute Gasteiger partial charge is 0.534 e. The Kier molecular flexibility index (Phi) is 7.87. The molecule has 9 heteroatoms. The van der Waals surface area contributed by atoms with Crippen LogP contribution in [0.25, 0.3) is 27.5 Å². The van der Waals surface area contributed by atoms with Crippen molar-refractivity contribution in [2.75, 3.05) is 4.90 Å². The van der Waals surface area contributed by atoms with E-state index in [0.717, 1.165) is 33.7 Å². The number of benzene rings is 6. The van der Waals surface area contributed by atoms with Crippen LogP contribution in [-0.4, -0.2) is 18.5 Å². The molecule has 0 aliphatic heterocycles. The summed E-state index contributed by atoms with van der Waals surface area (Å²) in [7, 11) is -5.98. The predicted molar refractivity (Wildman–Crippen MR) is 183 cm³/mol. The smallest absolute Gasteiger partial charge is 0.375 e. The monoisotopic (exact) mass is 658 g/mol. The van der Waals surface area contributed by atoms with Crippen LogP contribution in [-0.2, 0) is 10.1 Å². The Hall–Kier alpha value is -5.98. The van der Waals surface area contributed by atoms with Crippen LogP contribution in [0.3, 0.4) is 0 Å². The quantitative estimate of drug-likeness (QED) is 0.101. The lowest BCUT2D eigenvalue weighted by molar-refractivity contribution is -0.0500. The van der Waals surface area contributed by atoms with Gasteiger partial charge in [-0.05, 0) is 72.8 Å². The highest BCUT2D eigenvalue weighted by atomic mass is 32.2. The van der Waals surface area contributed by atoms with Crippen LogP contribution in [0.2, 0.25) is 0 Å². The fourth-order valence-corrected chi connectivity index (χ4v) is 6.09. The topological polar surface area (TPSA) is 51.5 Å². The third-order valence-corrected chi connectivity index (χ3v) is 8.73. The van der Waals surface area contributed by atoms with E-state index in [0.29, 0.717) is 16.5 Å². The summed E-state index contributed by atoms with van der Waals surface area (Å²) in [5.74, 6) is 5.36. The van der Waals surface area contributed by atoms with Crippen LogP contribution in [0, 0.1) is 11.8 Å². The molecule has 7 aromatic rings. The highest BCUT2D eigenvalue weighted by molar-refractivity contribution is 7.88. The summed E-state index contributed by atoms with van der Waals surface area (Å²) in [5.41, 5.74) is -0.297. The summed E-state index contributed by atoms with van der Waals surface area (Å²) < 4.78 is 71.6. The van der Waals surface area contributed by atoms with Gasteiger partial charge in [0.15, 0.2) is 5.75 Å². The number of aromatic nitrogens is 1. The standard InChI is InChI=1S/C39H25F3N2O3S/c40-39(41,42)48(45,46)47-38-27-37-35(34-18-10-11-19-36(34)44(37)32-16-8-3-9-17-32)26-29(38)23-20-28-21-24-33(25-22-28)43(30-12-4-1-5-13-30)31-14-6-2-7-15-31/h1-19,21-22,24-27H. The Balaban J connectivity index is 1.35. The van der Waals surface area contributed by atoms with Crippen LogP contribution in [0.15, 0.2) is 152 Å². The fourth-order valence-electron chi connectivity index (χ4n) is 5.62. The van der Waals surface area contributed by atoms with E-state index in [4.69, 9.17) is 4.18 Å². The molecule has 6 aromatic carbocycles. The van der Waals surface area contributed by atoms with Gasteiger partial charge in [-0.15, -0.1) is 0 Å². The van der Waals surface area contributed by atoms with E-state index >= 15 is 0 Å². The lowest BCUT2D eigenvalue weighted by atomic mass is 10.1. The van der Waals surface area contributed by atoms with Crippen LogP contribution in [0.4, 0.5) is 30.2 Å². The molecular weight excluding hydrogens is 634 g/mol. The number of fused-ring (bicyclic) bond motifs is 3. The zero-order valence-corrected chi connectivity index (χ0v) is 25.9. The van der Waals surface area contributed by atoms with Crippen molar-refractivity contribution in [2.45, 2.75) is 5.51 Å². The van der Waals surface area contributed by atoms with Crippen molar-refractivity contribution in [2.24, 2.45) is 0 Å². The summed E-state index contributed by atoms with van der Waals surface area (Å²) in [5, 5.41) is 1.49. The zero-order valence-electron chi connectivity index (χ0n) is 25.1. The van der Waals surface area contributed by atoms with Crippen LogP contribution >= 0.6 is 0 Å². The van der Waals surface area contributed by atoms with E-state index in [1.165, 1.54) is 6.07 Å². The molecule has 0 atom stereocenters. The maximum Gasteiger partial charge on any atom is 0.534 e. The van der Waals surface area contributed by atoms with Gasteiger partial charge in [-0.25, -0.2) is 0 Å². The Labute approximate surface area is 275 Å². The van der Waals surface area contributed by atoms with Gasteiger partial charge in [0.1, 0.15) is 0 Å². The molecular formula is C39H25F3N2O3S. The molecule has 0 unspecified atom stereocenters. The third kappa shape index (κ3) is 5.85. The molecule has 0 saturated carbocycles. The molecule has 0 radical (unpaired) electrons. The van der Waals surface area contributed by atoms with Gasteiger partial charge in [0.2, 0.25) is 0 Å². The SMILES string of the molecule is O=S(=O)(Oc1cc2c(cc1C#Cc1ccc(N(c3ccccc3)c3ccccc3)cc1)c1ccccc1n2-c1ccccc1)C(F)(F)F. The molecule has 7 rings (SSSR count). The normalized spacial score (nSPS) is 11.6. The summed E-state index contributed by atoms with van der Waals surface area (Å²) >= 11 is 0. The summed E-state index contributed by atoms with van der Waals surface area (Å²) in [6, 6.07) is 46.7. The van der Waals surface area contributed by atoms with Gasteiger partial charge >= 0.3 is 15.6 Å². The zero-order chi connectivity index (χ0) is 33.3. The Morgan fingerprint density at radius 1 is 0.583 bits per heavy atom. The minimum absolute atomic E-state index is 0.00874. The highest BCUT2D eigenvalue weighted by Crippen LogP contribution is 2.38. The lowest BCUT2D eigenvalue weighted by Crippen LogP contribution is -2.28. The molecule has 0 bridgehead atoms. The molecule has 1 heterocycles. The van der Waals surface area contributed by atoms with E-state index in [9.17, 15) is 21.6 Å². The van der Waals surface area contributed by atoms with Gasteiger partial charge in [-0.2, -0.15) is 21.6 Å². The first kappa shape index (κ1) is 30.7. The minimum Gasteiger partial charge on any atom is -0.375 e. The second-order valence-corrected chi connectivity index (χ2v) is 12.4. The molecule has 0 spiro atoms. The van der Waals surface area contributed by atoms with Gasteiger partial charge in [0.05, 0.1) is 16.6 Å².